The van der Waals surface area contributed by atoms with Crippen LogP contribution < -0.4 is 14.9 Å². The van der Waals surface area contributed by atoms with Crippen molar-refractivity contribution in [1.29, 1.82) is 0 Å². The molecule has 1 N–H and O–H groups in total. The maximum absolute atomic E-state index is 12.3. The van der Waals surface area contributed by atoms with Gasteiger partial charge in [0.05, 0.1) is 25.3 Å². The van der Waals surface area contributed by atoms with Crippen LogP contribution in [0.4, 0.5) is 0 Å². The van der Waals surface area contributed by atoms with E-state index in [2.05, 4.69) is 10.5 Å². The van der Waals surface area contributed by atoms with E-state index < -0.39 is 5.97 Å². The van der Waals surface area contributed by atoms with Gasteiger partial charge in [-0.15, -0.1) is 0 Å². The second-order valence-electron chi connectivity index (χ2n) is 6.26. The second kappa shape index (κ2) is 10.2. The number of benzene rings is 3. The Morgan fingerprint density at radius 2 is 1.73 bits per heavy atom. The molecule has 0 saturated heterocycles. The number of rotatable bonds is 7. The maximum Gasteiger partial charge on any atom is 0.343 e. The zero-order valence-corrected chi connectivity index (χ0v) is 16.9. The van der Waals surface area contributed by atoms with Gasteiger partial charge in [0.2, 0.25) is 5.91 Å². The largest absolute Gasteiger partial charge is 0.493 e. The Hall–Kier alpha value is -3.64. The highest BCUT2D eigenvalue weighted by atomic mass is 35.5. The minimum Gasteiger partial charge on any atom is -0.493 e. The summed E-state index contributed by atoms with van der Waals surface area (Å²) in [6, 6.07) is 20.7. The zero-order valence-electron chi connectivity index (χ0n) is 16.2. The first-order chi connectivity index (χ1) is 14.5. The Morgan fingerprint density at radius 1 is 1.00 bits per heavy atom. The van der Waals surface area contributed by atoms with Crippen molar-refractivity contribution < 1.29 is 19.1 Å². The number of methoxy groups -OCH3 is 1. The number of carbonyl (C=O) groups is 2. The van der Waals surface area contributed by atoms with Crippen molar-refractivity contribution in [2.45, 2.75) is 6.42 Å². The number of hydrogen-bond acceptors (Lipinski definition) is 5. The summed E-state index contributed by atoms with van der Waals surface area (Å²) in [5.74, 6) is -0.128. The summed E-state index contributed by atoms with van der Waals surface area (Å²) >= 11 is 5.83. The number of amides is 1. The fourth-order valence-electron chi connectivity index (χ4n) is 2.59. The molecule has 0 aliphatic rings. The monoisotopic (exact) mass is 422 g/mol. The van der Waals surface area contributed by atoms with E-state index in [1.807, 2.05) is 30.3 Å². The Kier molecular flexibility index (Phi) is 7.19. The number of hydrazone groups is 1. The van der Waals surface area contributed by atoms with Crippen LogP contribution in [0.5, 0.6) is 11.5 Å². The van der Waals surface area contributed by atoms with E-state index in [0.29, 0.717) is 21.9 Å². The molecular weight excluding hydrogens is 404 g/mol. The molecule has 6 nitrogen and oxygen atoms in total. The molecular formula is C23H19ClN2O4. The molecule has 3 aromatic rings. The van der Waals surface area contributed by atoms with E-state index >= 15 is 0 Å². The number of nitrogens with zero attached hydrogens (tertiary/aromatic N) is 1. The van der Waals surface area contributed by atoms with Gasteiger partial charge in [-0.2, -0.15) is 5.10 Å². The molecule has 1 amide bonds. The summed E-state index contributed by atoms with van der Waals surface area (Å²) < 4.78 is 10.7. The summed E-state index contributed by atoms with van der Waals surface area (Å²) in [6.07, 6.45) is 1.72. The third kappa shape index (κ3) is 5.93. The molecule has 0 aromatic heterocycles. The Labute approximate surface area is 179 Å². The molecule has 0 aliphatic heterocycles. The first-order valence-electron chi connectivity index (χ1n) is 9.07. The molecule has 0 aliphatic carbocycles. The molecule has 3 rings (SSSR count). The highest BCUT2D eigenvalue weighted by molar-refractivity contribution is 6.30. The number of nitrogens with one attached hydrogen (secondary N) is 1. The van der Waals surface area contributed by atoms with Crippen LogP contribution in [0.1, 0.15) is 21.5 Å². The van der Waals surface area contributed by atoms with Gasteiger partial charge in [-0.1, -0.05) is 41.9 Å². The quantitative estimate of drug-likeness (QED) is 0.267. The molecule has 0 bridgehead atoms. The normalized spacial score (nSPS) is 10.6. The van der Waals surface area contributed by atoms with Crippen LogP contribution in [0.2, 0.25) is 5.02 Å². The Morgan fingerprint density at radius 3 is 2.43 bits per heavy atom. The van der Waals surface area contributed by atoms with E-state index in [-0.39, 0.29) is 18.1 Å². The van der Waals surface area contributed by atoms with Crippen molar-refractivity contribution in [2.75, 3.05) is 7.11 Å². The average Bonchev–Trinajstić information content (AvgIpc) is 2.75. The Bertz CT molecular complexity index is 1050. The fourth-order valence-corrected chi connectivity index (χ4v) is 2.72. The number of esters is 1. The fraction of sp³-hybridized carbons (Fsp3) is 0.0870. The minimum absolute atomic E-state index is 0.224. The van der Waals surface area contributed by atoms with Gasteiger partial charge in [-0.3, -0.25) is 4.79 Å². The van der Waals surface area contributed by atoms with Crippen LogP contribution in [-0.4, -0.2) is 25.2 Å². The number of ether oxygens (including phenoxy) is 2. The number of hydrogen-bond donors (Lipinski definition) is 1. The average molecular weight is 423 g/mol. The molecule has 0 spiro atoms. The van der Waals surface area contributed by atoms with Crippen molar-refractivity contribution in [3.8, 4) is 11.5 Å². The molecule has 7 heteroatoms. The highest BCUT2D eigenvalue weighted by Crippen LogP contribution is 2.28. The van der Waals surface area contributed by atoms with Gasteiger partial charge in [-0.25, -0.2) is 10.2 Å². The topological polar surface area (TPSA) is 77.0 Å². The van der Waals surface area contributed by atoms with E-state index in [1.165, 1.54) is 13.3 Å². The molecule has 0 atom stereocenters. The molecule has 3 aromatic carbocycles. The summed E-state index contributed by atoms with van der Waals surface area (Å²) in [5.41, 5.74) is 4.42. The van der Waals surface area contributed by atoms with Crippen molar-refractivity contribution >= 4 is 29.7 Å². The Balaban J connectivity index is 1.62. The van der Waals surface area contributed by atoms with Gasteiger partial charge < -0.3 is 9.47 Å². The first-order valence-corrected chi connectivity index (χ1v) is 9.44. The molecule has 0 heterocycles. The standard InChI is InChI=1S/C23H19ClN2O4/c1-29-21-13-17(15-25-26-22(27)14-16-5-3-2-4-6-16)7-12-20(21)30-23(28)18-8-10-19(24)11-9-18/h2-13,15H,14H2,1H3,(H,26,27). The van der Waals surface area contributed by atoms with Crippen molar-refractivity contribution in [1.82, 2.24) is 5.43 Å². The summed E-state index contributed by atoms with van der Waals surface area (Å²) in [5, 5.41) is 4.49. The third-order valence-electron chi connectivity index (χ3n) is 4.08. The number of carbonyl (C=O) groups excluding carboxylic acids is 2. The smallest absolute Gasteiger partial charge is 0.343 e. The lowest BCUT2D eigenvalue weighted by molar-refractivity contribution is -0.120. The first kappa shape index (κ1) is 21.1. The van der Waals surface area contributed by atoms with E-state index in [9.17, 15) is 9.59 Å². The second-order valence-corrected chi connectivity index (χ2v) is 6.70. The lowest BCUT2D eigenvalue weighted by Gasteiger charge is -2.10. The lowest BCUT2D eigenvalue weighted by atomic mass is 10.1. The predicted molar refractivity (Wildman–Crippen MR) is 115 cm³/mol. The summed E-state index contributed by atoms with van der Waals surface area (Å²) in [6.45, 7) is 0. The molecule has 30 heavy (non-hydrogen) atoms. The predicted octanol–water partition coefficient (Wildman–Crippen LogP) is 4.26. The van der Waals surface area contributed by atoms with E-state index in [0.717, 1.165) is 5.56 Å². The van der Waals surface area contributed by atoms with E-state index in [1.54, 1.807) is 42.5 Å². The van der Waals surface area contributed by atoms with Gasteiger partial charge in [0, 0.05) is 5.02 Å². The van der Waals surface area contributed by atoms with Crippen LogP contribution in [0.3, 0.4) is 0 Å². The van der Waals surface area contributed by atoms with Gasteiger partial charge in [0.25, 0.3) is 0 Å². The summed E-state index contributed by atoms with van der Waals surface area (Å²) in [7, 11) is 1.47. The van der Waals surface area contributed by atoms with Crippen molar-refractivity contribution in [3.63, 3.8) is 0 Å². The highest BCUT2D eigenvalue weighted by Gasteiger charge is 2.13. The van der Waals surface area contributed by atoms with Gasteiger partial charge in [0.15, 0.2) is 11.5 Å². The van der Waals surface area contributed by atoms with Crippen LogP contribution in [0, 0.1) is 0 Å². The van der Waals surface area contributed by atoms with Crippen LogP contribution in [-0.2, 0) is 11.2 Å². The zero-order chi connectivity index (χ0) is 21.3. The molecule has 152 valence electrons. The van der Waals surface area contributed by atoms with Crippen LogP contribution >= 0.6 is 11.6 Å². The van der Waals surface area contributed by atoms with Crippen molar-refractivity contribution in [3.05, 3.63) is 94.5 Å². The summed E-state index contributed by atoms with van der Waals surface area (Å²) in [4.78, 5) is 24.2. The molecule has 0 unspecified atom stereocenters. The van der Waals surface area contributed by atoms with Gasteiger partial charge in [-0.05, 0) is 53.6 Å². The van der Waals surface area contributed by atoms with Crippen molar-refractivity contribution in [2.24, 2.45) is 5.10 Å². The molecule has 0 radical (unpaired) electrons. The van der Waals surface area contributed by atoms with Gasteiger partial charge in [0.1, 0.15) is 0 Å². The lowest BCUT2D eigenvalue weighted by Crippen LogP contribution is -2.19. The SMILES string of the molecule is COc1cc(C=NNC(=O)Cc2ccccc2)ccc1OC(=O)c1ccc(Cl)cc1. The van der Waals surface area contributed by atoms with E-state index in [4.69, 9.17) is 21.1 Å². The maximum atomic E-state index is 12.3. The molecule has 0 fully saturated rings. The minimum atomic E-state index is -0.528. The van der Waals surface area contributed by atoms with Crippen LogP contribution in [0.15, 0.2) is 77.9 Å². The van der Waals surface area contributed by atoms with Gasteiger partial charge >= 0.3 is 5.97 Å². The number of halogens is 1. The molecule has 0 saturated carbocycles. The third-order valence-corrected chi connectivity index (χ3v) is 4.33. The van der Waals surface area contributed by atoms with Crippen LogP contribution in [0.25, 0.3) is 0 Å².